The zero-order valence-corrected chi connectivity index (χ0v) is 20.3. The number of carbonyl (C=O) groups excluding carboxylic acids is 2. The highest BCUT2D eigenvalue weighted by molar-refractivity contribution is 6.02. The van der Waals surface area contributed by atoms with Crippen LogP contribution in [0.2, 0.25) is 0 Å². The number of nitrogens with one attached hydrogen (secondary N) is 3. The van der Waals surface area contributed by atoms with Crippen molar-refractivity contribution in [1.29, 1.82) is 0 Å². The molecule has 2 aliphatic heterocycles. The molecular weight excluding hydrogens is 482 g/mol. The first-order chi connectivity index (χ1) is 17.8. The van der Waals surface area contributed by atoms with Crippen molar-refractivity contribution in [2.75, 3.05) is 13.3 Å². The van der Waals surface area contributed by atoms with E-state index in [1.807, 2.05) is 6.07 Å². The second-order valence-electron chi connectivity index (χ2n) is 9.65. The molecule has 0 spiro atoms. The van der Waals surface area contributed by atoms with Gasteiger partial charge < -0.3 is 45.9 Å². The van der Waals surface area contributed by atoms with E-state index in [1.54, 1.807) is 18.2 Å². The molecule has 2 aromatic carbocycles. The molecule has 1 fully saturated rings. The molecule has 2 amide bonds. The first-order valence-corrected chi connectivity index (χ1v) is 12.4. The summed E-state index contributed by atoms with van der Waals surface area (Å²) in [6.07, 6.45) is -2.59. The fourth-order valence-electron chi connectivity index (χ4n) is 5.37. The highest BCUT2D eigenvalue weighted by Gasteiger charge is 2.54. The number of fused-ring (bicyclic) bond motifs is 4. The summed E-state index contributed by atoms with van der Waals surface area (Å²) in [5.74, 6) is -2.26. The van der Waals surface area contributed by atoms with Gasteiger partial charge in [-0.25, -0.2) is 0 Å². The number of benzene rings is 2. The number of unbranched alkanes of at least 4 members (excludes halogenated alkanes) is 1. The summed E-state index contributed by atoms with van der Waals surface area (Å²) in [6.45, 7) is 3.42. The number of aliphatic hydroxyl groups is 3. The minimum Gasteiger partial charge on any atom is -0.504 e. The molecular formula is C26H31N3O8. The molecule has 198 valence electrons. The van der Waals surface area contributed by atoms with Gasteiger partial charge in [0, 0.05) is 18.0 Å². The molecule has 37 heavy (non-hydrogen) atoms. The number of phenols is 1. The third-order valence-corrected chi connectivity index (χ3v) is 7.29. The van der Waals surface area contributed by atoms with Gasteiger partial charge in [0.25, 0.3) is 11.8 Å². The molecule has 0 unspecified atom stereocenters. The van der Waals surface area contributed by atoms with E-state index in [1.165, 1.54) is 6.07 Å². The Labute approximate surface area is 213 Å². The fourth-order valence-corrected chi connectivity index (χ4v) is 5.37. The topological polar surface area (TPSA) is 170 Å². The molecule has 0 radical (unpaired) electrons. The molecule has 0 saturated heterocycles. The Balaban J connectivity index is 1.46. The maximum Gasteiger partial charge on any atom is 0.255 e. The molecule has 2 aromatic rings. The monoisotopic (exact) mass is 513 g/mol. The molecule has 1 aliphatic carbocycles. The van der Waals surface area contributed by atoms with E-state index >= 15 is 0 Å². The fraction of sp³-hybridized carbons (Fsp3) is 0.462. The third-order valence-electron chi connectivity index (χ3n) is 7.29. The lowest BCUT2D eigenvalue weighted by Crippen LogP contribution is -2.69. The van der Waals surface area contributed by atoms with E-state index in [2.05, 4.69) is 22.9 Å². The number of aliphatic hydroxyl groups excluding tert-OH is 3. The van der Waals surface area contributed by atoms with Crippen LogP contribution >= 0.6 is 0 Å². The molecule has 11 nitrogen and oxygen atoms in total. The number of aromatic hydroxyl groups is 1. The SMILES string of the molecule is CCCCNCc1cccc(C(=O)N[C@H]2[C@H](O)[C@@H](O)[C@@H](O)[C@@H]3NC(=O)c4c(cc5c(c4O)OCO5)[C@@H]23)c1. The van der Waals surface area contributed by atoms with E-state index in [4.69, 9.17) is 9.47 Å². The van der Waals surface area contributed by atoms with Gasteiger partial charge in [0.2, 0.25) is 12.5 Å². The van der Waals surface area contributed by atoms with E-state index in [0.29, 0.717) is 12.1 Å². The summed E-state index contributed by atoms with van der Waals surface area (Å²) in [6, 6.07) is 6.40. The molecule has 3 aliphatic rings. The van der Waals surface area contributed by atoms with E-state index in [9.17, 15) is 30.0 Å². The van der Waals surface area contributed by atoms with Crippen LogP contribution in [0.3, 0.4) is 0 Å². The Kier molecular flexibility index (Phi) is 6.95. The van der Waals surface area contributed by atoms with Gasteiger partial charge in [-0.15, -0.1) is 0 Å². The van der Waals surface area contributed by atoms with Crippen LogP contribution < -0.4 is 25.4 Å². The van der Waals surface area contributed by atoms with Crippen LogP contribution in [0.25, 0.3) is 0 Å². The number of rotatable bonds is 7. The van der Waals surface area contributed by atoms with E-state index in [-0.39, 0.29) is 29.4 Å². The van der Waals surface area contributed by atoms with Gasteiger partial charge in [0.1, 0.15) is 18.3 Å². The highest BCUT2D eigenvalue weighted by Crippen LogP contribution is 2.50. The predicted molar refractivity (Wildman–Crippen MR) is 131 cm³/mol. The van der Waals surface area contributed by atoms with Crippen LogP contribution in [0.5, 0.6) is 17.2 Å². The molecule has 0 bridgehead atoms. The summed E-state index contributed by atoms with van der Waals surface area (Å²) in [5.41, 5.74) is 1.43. The van der Waals surface area contributed by atoms with Gasteiger partial charge in [-0.2, -0.15) is 0 Å². The predicted octanol–water partition coefficient (Wildman–Crippen LogP) is 0.101. The number of phenolic OH excluding ortho intramolecular Hbond substituents is 1. The van der Waals surface area contributed by atoms with Gasteiger partial charge in [0.05, 0.1) is 17.6 Å². The molecule has 6 atom stereocenters. The summed E-state index contributed by atoms with van der Waals surface area (Å²) < 4.78 is 10.7. The number of carbonyl (C=O) groups is 2. The maximum atomic E-state index is 13.3. The molecule has 5 rings (SSSR count). The summed E-state index contributed by atoms with van der Waals surface area (Å²) >= 11 is 0. The largest absolute Gasteiger partial charge is 0.504 e. The zero-order chi connectivity index (χ0) is 26.3. The van der Waals surface area contributed by atoms with Gasteiger partial charge in [-0.05, 0) is 42.3 Å². The molecule has 1 saturated carbocycles. The van der Waals surface area contributed by atoms with Crippen LogP contribution in [-0.4, -0.2) is 76.0 Å². The normalized spacial score (nSPS) is 27.7. The minimum absolute atomic E-state index is 0.0224. The van der Waals surface area contributed by atoms with Crippen LogP contribution in [-0.2, 0) is 6.54 Å². The smallest absolute Gasteiger partial charge is 0.255 e. The van der Waals surface area contributed by atoms with Crippen molar-refractivity contribution in [1.82, 2.24) is 16.0 Å². The summed E-state index contributed by atoms with van der Waals surface area (Å²) in [4.78, 5) is 26.2. The highest BCUT2D eigenvalue weighted by atomic mass is 16.7. The lowest BCUT2D eigenvalue weighted by Gasteiger charge is -2.49. The Morgan fingerprint density at radius 3 is 2.73 bits per heavy atom. The van der Waals surface area contributed by atoms with E-state index < -0.39 is 53.9 Å². The number of amides is 2. The molecule has 2 heterocycles. The van der Waals surface area contributed by atoms with Crippen LogP contribution in [0.1, 0.15) is 57.5 Å². The third kappa shape index (κ3) is 4.48. The Hall–Kier alpha value is -3.38. The average Bonchev–Trinajstić information content (AvgIpc) is 3.37. The quantitative estimate of drug-likeness (QED) is 0.254. The van der Waals surface area contributed by atoms with Gasteiger partial charge in [-0.1, -0.05) is 25.5 Å². The van der Waals surface area contributed by atoms with Gasteiger partial charge in [0.15, 0.2) is 11.5 Å². The summed E-state index contributed by atoms with van der Waals surface area (Å²) in [5, 5.41) is 51.7. The Morgan fingerprint density at radius 1 is 1.14 bits per heavy atom. The van der Waals surface area contributed by atoms with Crippen molar-refractivity contribution in [2.24, 2.45) is 0 Å². The van der Waals surface area contributed by atoms with Crippen molar-refractivity contribution >= 4 is 11.8 Å². The molecule has 7 N–H and O–H groups in total. The Bertz CT molecular complexity index is 1200. The lowest BCUT2D eigenvalue weighted by atomic mass is 9.68. The minimum atomic E-state index is -1.63. The average molecular weight is 514 g/mol. The Morgan fingerprint density at radius 2 is 1.95 bits per heavy atom. The second kappa shape index (κ2) is 10.2. The standard InChI is InChI=1S/C26H31N3O8/c1-2-3-7-27-10-12-5-4-6-13(8-12)25(34)28-18-16-14-9-15-24(37-11-36-15)20(30)17(14)26(35)29-19(16)22(32)23(33)21(18)31/h4-6,8-9,16,18-19,21-23,27,30-33H,2-3,7,10-11H2,1H3,(H,28,34)(H,29,35)/t16-,18+,19+,21-,22-,23+/m0/s1. The van der Waals surface area contributed by atoms with Crippen molar-refractivity contribution in [3.8, 4) is 17.2 Å². The van der Waals surface area contributed by atoms with Gasteiger partial charge in [-0.3, -0.25) is 9.59 Å². The lowest BCUT2D eigenvalue weighted by molar-refractivity contribution is -0.117. The van der Waals surface area contributed by atoms with Crippen molar-refractivity contribution in [3.63, 3.8) is 0 Å². The van der Waals surface area contributed by atoms with Crippen molar-refractivity contribution in [3.05, 3.63) is 52.6 Å². The van der Waals surface area contributed by atoms with Gasteiger partial charge >= 0.3 is 0 Å². The van der Waals surface area contributed by atoms with E-state index in [0.717, 1.165) is 24.9 Å². The zero-order valence-electron chi connectivity index (χ0n) is 20.3. The van der Waals surface area contributed by atoms with Crippen molar-refractivity contribution < 1.29 is 39.5 Å². The van der Waals surface area contributed by atoms with Crippen LogP contribution in [0, 0.1) is 0 Å². The number of hydrogen-bond acceptors (Lipinski definition) is 9. The maximum absolute atomic E-state index is 13.3. The van der Waals surface area contributed by atoms with Crippen molar-refractivity contribution in [2.45, 2.75) is 62.6 Å². The second-order valence-corrected chi connectivity index (χ2v) is 9.65. The first-order valence-electron chi connectivity index (χ1n) is 12.4. The number of hydrogen-bond donors (Lipinski definition) is 7. The summed E-state index contributed by atoms with van der Waals surface area (Å²) in [7, 11) is 0. The molecule has 0 aromatic heterocycles. The van der Waals surface area contributed by atoms with Crippen LogP contribution in [0.15, 0.2) is 30.3 Å². The molecule has 11 heteroatoms. The first kappa shape index (κ1) is 25.3. The van der Waals surface area contributed by atoms with Crippen LogP contribution in [0.4, 0.5) is 0 Å². The number of ether oxygens (including phenoxy) is 2.